The summed E-state index contributed by atoms with van der Waals surface area (Å²) in [5, 5.41) is 13.1. The smallest absolute Gasteiger partial charge is 0.118 e. The van der Waals surface area contributed by atoms with E-state index < -0.39 is 0 Å². The van der Waals surface area contributed by atoms with Gasteiger partial charge in [0.05, 0.1) is 13.2 Å². The van der Waals surface area contributed by atoms with Crippen LogP contribution in [0.25, 0.3) is 0 Å². The number of aliphatic hydroxyl groups is 1. The van der Waals surface area contributed by atoms with Crippen molar-refractivity contribution in [3.05, 3.63) is 29.8 Å². The molecule has 20 heavy (non-hydrogen) atoms. The summed E-state index contributed by atoms with van der Waals surface area (Å²) in [6.45, 7) is 9.38. The lowest BCUT2D eigenvalue weighted by Crippen LogP contribution is -2.30. The Morgan fingerprint density at radius 3 is 2.15 bits per heavy atom. The molecule has 0 amide bonds. The van der Waals surface area contributed by atoms with E-state index in [4.69, 9.17) is 4.74 Å². The molecule has 2 N–H and O–H groups in total. The molecule has 114 valence electrons. The quantitative estimate of drug-likeness (QED) is 0.766. The monoisotopic (exact) mass is 279 g/mol. The second-order valence-corrected chi connectivity index (χ2v) is 6.09. The molecule has 0 fully saturated rings. The lowest BCUT2D eigenvalue weighted by atomic mass is 9.94. The van der Waals surface area contributed by atoms with Crippen LogP contribution < -0.4 is 10.1 Å². The van der Waals surface area contributed by atoms with Crippen LogP contribution in [0, 0.1) is 11.8 Å². The first-order valence-electron chi connectivity index (χ1n) is 7.49. The van der Waals surface area contributed by atoms with Gasteiger partial charge in [0.15, 0.2) is 0 Å². The van der Waals surface area contributed by atoms with E-state index in [0.717, 1.165) is 18.7 Å². The van der Waals surface area contributed by atoms with E-state index in [9.17, 15) is 5.11 Å². The van der Waals surface area contributed by atoms with Gasteiger partial charge in [-0.15, -0.1) is 0 Å². The number of ether oxygens (including phenoxy) is 1. The number of aliphatic hydroxyl groups excluding tert-OH is 1. The van der Waals surface area contributed by atoms with E-state index in [2.05, 4.69) is 38.2 Å². The fourth-order valence-corrected chi connectivity index (χ4v) is 2.54. The molecule has 1 rings (SSSR count). The van der Waals surface area contributed by atoms with Gasteiger partial charge in [0.25, 0.3) is 0 Å². The van der Waals surface area contributed by atoms with Gasteiger partial charge in [0, 0.05) is 6.04 Å². The van der Waals surface area contributed by atoms with Gasteiger partial charge in [-0.3, -0.25) is 0 Å². The molecular formula is C17H29NO2. The zero-order valence-electron chi connectivity index (χ0n) is 13.4. The number of nitrogens with one attached hydrogen (secondary N) is 1. The Kier molecular flexibility index (Phi) is 7.03. The average molecular weight is 279 g/mol. The van der Waals surface area contributed by atoms with Gasteiger partial charge in [-0.25, -0.2) is 0 Å². The molecule has 0 radical (unpaired) electrons. The molecular weight excluding hydrogens is 250 g/mol. The predicted octanol–water partition coefficient (Wildman–Crippen LogP) is 3.39. The van der Waals surface area contributed by atoms with E-state index in [1.165, 1.54) is 5.56 Å². The summed E-state index contributed by atoms with van der Waals surface area (Å²) in [5.41, 5.74) is 1.28. The molecule has 0 aliphatic heterocycles. The molecule has 0 saturated carbocycles. The SMILES string of the molecule is COc1ccc(C(NCC(C)CC(C)O)C(C)C)cc1. The Labute approximate surface area is 123 Å². The fourth-order valence-electron chi connectivity index (χ4n) is 2.54. The summed E-state index contributed by atoms with van der Waals surface area (Å²) in [7, 11) is 1.69. The molecule has 0 bridgehead atoms. The number of rotatable bonds is 8. The van der Waals surface area contributed by atoms with Crippen LogP contribution in [0.2, 0.25) is 0 Å². The van der Waals surface area contributed by atoms with Crippen molar-refractivity contribution in [2.75, 3.05) is 13.7 Å². The van der Waals surface area contributed by atoms with Crippen molar-refractivity contribution in [1.29, 1.82) is 0 Å². The third-order valence-electron chi connectivity index (χ3n) is 3.57. The van der Waals surface area contributed by atoms with Crippen LogP contribution in [0.15, 0.2) is 24.3 Å². The summed E-state index contributed by atoms with van der Waals surface area (Å²) >= 11 is 0. The van der Waals surface area contributed by atoms with E-state index in [0.29, 0.717) is 17.9 Å². The molecule has 0 spiro atoms. The van der Waals surface area contributed by atoms with Crippen molar-refractivity contribution in [3.8, 4) is 5.75 Å². The molecule has 3 heteroatoms. The largest absolute Gasteiger partial charge is 0.497 e. The summed E-state index contributed by atoms with van der Waals surface area (Å²) in [5.74, 6) is 1.87. The Bertz CT molecular complexity index is 373. The van der Waals surface area contributed by atoms with Crippen molar-refractivity contribution in [2.45, 2.75) is 46.3 Å². The van der Waals surface area contributed by atoms with Gasteiger partial charge in [-0.05, 0) is 49.4 Å². The summed E-state index contributed by atoms with van der Waals surface area (Å²) in [4.78, 5) is 0. The standard InChI is InChI=1S/C17H29NO2/c1-12(2)17(18-11-13(3)10-14(4)19)15-6-8-16(20-5)9-7-15/h6-9,12-14,17-19H,10-11H2,1-5H3. The highest BCUT2D eigenvalue weighted by molar-refractivity contribution is 5.29. The average Bonchev–Trinajstić information content (AvgIpc) is 2.38. The molecule has 3 nitrogen and oxygen atoms in total. The molecule has 1 aromatic rings. The van der Waals surface area contributed by atoms with Crippen LogP contribution in [0.5, 0.6) is 5.75 Å². The van der Waals surface area contributed by atoms with E-state index in [1.807, 2.05) is 19.1 Å². The normalized spacial score (nSPS) is 15.9. The van der Waals surface area contributed by atoms with E-state index >= 15 is 0 Å². The van der Waals surface area contributed by atoms with Crippen molar-refractivity contribution in [1.82, 2.24) is 5.32 Å². The van der Waals surface area contributed by atoms with Crippen LogP contribution in [-0.4, -0.2) is 24.9 Å². The highest BCUT2D eigenvalue weighted by Crippen LogP contribution is 2.24. The Morgan fingerprint density at radius 2 is 1.70 bits per heavy atom. The number of hydrogen-bond acceptors (Lipinski definition) is 3. The first-order valence-corrected chi connectivity index (χ1v) is 7.49. The van der Waals surface area contributed by atoms with Gasteiger partial charge in [-0.2, -0.15) is 0 Å². The first-order chi connectivity index (χ1) is 9.43. The molecule has 3 atom stereocenters. The maximum Gasteiger partial charge on any atom is 0.118 e. The van der Waals surface area contributed by atoms with Crippen LogP contribution >= 0.6 is 0 Å². The molecule has 0 aliphatic rings. The van der Waals surface area contributed by atoms with Crippen LogP contribution in [0.1, 0.15) is 45.7 Å². The van der Waals surface area contributed by atoms with Crippen LogP contribution in [0.4, 0.5) is 0 Å². The van der Waals surface area contributed by atoms with Crippen molar-refractivity contribution in [3.63, 3.8) is 0 Å². The lowest BCUT2D eigenvalue weighted by Gasteiger charge is -2.25. The van der Waals surface area contributed by atoms with Gasteiger partial charge in [0.2, 0.25) is 0 Å². The van der Waals surface area contributed by atoms with E-state index in [-0.39, 0.29) is 6.10 Å². The minimum Gasteiger partial charge on any atom is -0.497 e. The molecule has 0 saturated heterocycles. The number of hydrogen-bond donors (Lipinski definition) is 2. The second kappa shape index (κ2) is 8.28. The van der Waals surface area contributed by atoms with Gasteiger partial charge >= 0.3 is 0 Å². The summed E-state index contributed by atoms with van der Waals surface area (Å²) < 4.78 is 5.20. The zero-order valence-corrected chi connectivity index (χ0v) is 13.4. The summed E-state index contributed by atoms with van der Waals surface area (Å²) in [6.07, 6.45) is 0.603. The highest BCUT2D eigenvalue weighted by Gasteiger charge is 2.16. The lowest BCUT2D eigenvalue weighted by molar-refractivity contribution is 0.161. The van der Waals surface area contributed by atoms with Crippen molar-refractivity contribution < 1.29 is 9.84 Å². The maximum atomic E-state index is 9.43. The topological polar surface area (TPSA) is 41.5 Å². The Morgan fingerprint density at radius 1 is 1.10 bits per heavy atom. The molecule has 3 unspecified atom stereocenters. The van der Waals surface area contributed by atoms with E-state index in [1.54, 1.807) is 7.11 Å². The van der Waals surface area contributed by atoms with Crippen molar-refractivity contribution in [2.24, 2.45) is 11.8 Å². The molecule has 1 aromatic carbocycles. The predicted molar refractivity (Wildman–Crippen MR) is 84.0 cm³/mol. The van der Waals surface area contributed by atoms with Gasteiger partial charge in [-0.1, -0.05) is 32.9 Å². The highest BCUT2D eigenvalue weighted by atomic mass is 16.5. The van der Waals surface area contributed by atoms with Gasteiger partial charge < -0.3 is 15.2 Å². The van der Waals surface area contributed by atoms with Gasteiger partial charge in [0.1, 0.15) is 5.75 Å². The third kappa shape index (κ3) is 5.51. The minimum absolute atomic E-state index is 0.231. The van der Waals surface area contributed by atoms with Crippen LogP contribution in [-0.2, 0) is 0 Å². The molecule has 0 aromatic heterocycles. The summed E-state index contributed by atoms with van der Waals surface area (Å²) in [6, 6.07) is 8.58. The first kappa shape index (κ1) is 17.0. The van der Waals surface area contributed by atoms with Crippen LogP contribution in [0.3, 0.4) is 0 Å². The Balaban J connectivity index is 2.64. The van der Waals surface area contributed by atoms with Crippen molar-refractivity contribution >= 4 is 0 Å². The third-order valence-corrected chi connectivity index (χ3v) is 3.57. The maximum absolute atomic E-state index is 9.43. The fraction of sp³-hybridized carbons (Fsp3) is 0.647. The number of benzene rings is 1. The second-order valence-electron chi connectivity index (χ2n) is 6.09. The number of methoxy groups -OCH3 is 1. The zero-order chi connectivity index (χ0) is 15.1. The Hall–Kier alpha value is -1.06. The molecule has 0 aliphatic carbocycles. The minimum atomic E-state index is -0.231. The molecule has 0 heterocycles.